The SMILES string of the molecule is NC(Cc1sccc1Br)c1ncn[nH]1. The van der Waals surface area contributed by atoms with E-state index >= 15 is 0 Å². The zero-order chi connectivity index (χ0) is 9.97. The lowest BCUT2D eigenvalue weighted by Gasteiger charge is -2.06. The molecule has 0 amide bonds. The Morgan fingerprint density at radius 3 is 3.07 bits per heavy atom. The highest BCUT2D eigenvalue weighted by Gasteiger charge is 2.12. The van der Waals surface area contributed by atoms with Crippen LogP contribution in [-0.4, -0.2) is 15.2 Å². The first kappa shape index (κ1) is 9.82. The first-order valence-electron chi connectivity index (χ1n) is 4.10. The van der Waals surface area contributed by atoms with Crippen LogP contribution in [0.5, 0.6) is 0 Å². The van der Waals surface area contributed by atoms with Crippen molar-refractivity contribution in [1.29, 1.82) is 0 Å². The molecule has 4 nitrogen and oxygen atoms in total. The molecule has 14 heavy (non-hydrogen) atoms. The number of H-pyrrole nitrogens is 1. The molecule has 0 saturated carbocycles. The van der Waals surface area contributed by atoms with E-state index < -0.39 is 0 Å². The Morgan fingerprint density at radius 1 is 1.64 bits per heavy atom. The quantitative estimate of drug-likeness (QED) is 0.897. The van der Waals surface area contributed by atoms with Gasteiger partial charge >= 0.3 is 0 Å². The molecular formula is C8H9BrN4S. The number of nitrogens with zero attached hydrogens (tertiary/aromatic N) is 2. The van der Waals surface area contributed by atoms with Crippen molar-refractivity contribution >= 4 is 27.3 Å². The van der Waals surface area contributed by atoms with Gasteiger partial charge in [0.15, 0.2) is 0 Å². The summed E-state index contributed by atoms with van der Waals surface area (Å²) in [7, 11) is 0. The Morgan fingerprint density at radius 2 is 2.50 bits per heavy atom. The summed E-state index contributed by atoms with van der Waals surface area (Å²) in [5.41, 5.74) is 5.95. The van der Waals surface area contributed by atoms with Crippen molar-refractivity contribution in [2.45, 2.75) is 12.5 Å². The second-order valence-electron chi connectivity index (χ2n) is 2.87. The van der Waals surface area contributed by atoms with Gasteiger partial charge in [-0.1, -0.05) is 0 Å². The third-order valence-electron chi connectivity index (χ3n) is 1.88. The van der Waals surface area contributed by atoms with Crippen LogP contribution in [0, 0.1) is 0 Å². The van der Waals surface area contributed by atoms with E-state index in [1.165, 1.54) is 11.2 Å². The van der Waals surface area contributed by atoms with Crippen LogP contribution in [0.25, 0.3) is 0 Å². The molecule has 74 valence electrons. The summed E-state index contributed by atoms with van der Waals surface area (Å²) >= 11 is 5.15. The highest BCUT2D eigenvalue weighted by Crippen LogP contribution is 2.26. The number of thiophene rings is 1. The Hall–Kier alpha value is -0.720. The first-order valence-corrected chi connectivity index (χ1v) is 5.77. The van der Waals surface area contributed by atoms with E-state index in [-0.39, 0.29) is 6.04 Å². The van der Waals surface area contributed by atoms with Gasteiger partial charge in [0.1, 0.15) is 12.2 Å². The standard InChI is InChI=1S/C8H9BrN4S/c9-5-1-2-14-7(5)3-6(10)8-11-4-12-13-8/h1-2,4,6H,3,10H2,(H,11,12,13). The maximum atomic E-state index is 5.95. The van der Waals surface area contributed by atoms with Crippen molar-refractivity contribution in [1.82, 2.24) is 15.2 Å². The fourth-order valence-electron chi connectivity index (χ4n) is 1.16. The van der Waals surface area contributed by atoms with Crippen LogP contribution >= 0.6 is 27.3 Å². The minimum atomic E-state index is -0.118. The molecule has 2 aromatic rings. The van der Waals surface area contributed by atoms with Gasteiger partial charge in [-0.25, -0.2) is 4.98 Å². The average molecular weight is 273 g/mol. The topological polar surface area (TPSA) is 67.6 Å². The molecule has 1 unspecified atom stereocenters. The molecule has 0 aromatic carbocycles. The first-order chi connectivity index (χ1) is 6.77. The largest absolute Gasteiger partial charge is 0.321 e. The molecule has 2 aromatic heterocycles. The molecule has 3 N–H and O–H groups in total. The third kappa shape index (κ3) is 2.02. The third-order valence-corrected chi connectivity index (χ3v) is 3.83. The number of aromatic amines is 1. The fourth-order valence-corrected chi connectivity index (χ4v) is 2.73. The Labute approximate surface area is 93.7 Å². The smallest absolute Gasteiger partial charge is 0.141 e. The van der Waals surface area contributed by atoms with Gasteiger partial charge in [-0.3, -0.25) is 5.10 Å². The van der Waals surface area contributed by atoms with Crippen molar-refractivity contribution in [3.8, 4) is 0 Å². The van der Waals surface area contributed by atoms with Crippen LogP contribution in [0.2, 0.25) is 0 Å². The predicted octanol–water partition coefficient (Wildman–Crippen LogP) is 1.87. The second-order valence-corrected chi connectivity index (χ2v) is 4.73. The molecule has 0 spiro atoms. The Kier molecular flexibility index (Phi) is 2.95. The Bertz CT molecular complexity index is 397. The summed E-state index contributed by atoms with van der Waals surface area (Å²) in [6, 6.07) is 1.90. The molecule has 6 heteroatoms. The second kappa shape index (κ2) is 4.20. The monoisotopic (exact) mass is 272 g/mol. The van der Waals surface area contributed by atoms with E-state index in [1.54, 1.807) is 11.3 Å². The van der Waals surface area contributed by atoms with Crippen molar-refractivity contribution < 1.29 is 0 Å². The zero-order valence-electron chi connectivity index (χ0n) is 7.27. The molecule has 2 rings (SSSR count). The van der Waals surface area contributed by atoms with E-state index in [2.05, 4.69) is 31.1 Å². The molecule has 0 saturated heterocycles. The summed E-state index contributed by atoms with van der Waals surface area (Å²) in [6.45, 7) is 0. The van der Waals surface area contributed by atoms with Gasteiger partial charge in [-0.15, -0.1) is 11.3 Å². The highest BCUT2D eigenvalue weighted by molar-refractivity contribution is 9.10. The lowest BCUT2D eigenvalue weighted by Crippen LogP contribution is -2.14. The van der Waals surface area contributed by atoms with Gasteiger partial charge in [0.25, 0.3) is 0 Å². The van der Waals surface area contributed by atoms with Crippen molar-refractivity contribution in [3.05, 3.63) is 32.9 Å². The lowest BCUT2D eigenvalue weighted by atomic mass is 10.2. The van der Waals surface area contributed by atoms with Gasteiger partial charge in [0.2, 0.25) is 0 Å². The van der Waals surface area contributed by atoms with Crippen LogP contribution in [0.1, 0.15) is 16.7 Å². The van der Waals surface area contributed by atoms with Gasteiger partial charge in [-0.05, 0) is 27.4 Å². The fraction of sp³-hybridized carbons (Fsp3) is 0.250. The predicted molar refractivity (Wildman–Crippen MR) is 59.0 cm³/mol. The maximum Gasteiger partial charge on any atom is 0.141 e. The van der Waals surface area contributed by atoms with Gasteiger partial charge in [-0.2, -0.15) is 5.10 Å². The lowest BCUT2D eigenvalue weighted by molar-refractivity contribution is 0.676. The normalized spacial score (nSPS) is 13.0. The number of rotatable bonds is 3. The number of nitrogens with two attached hydrogens (primary N) is 1. The number of aromatic nitrogens is 3. The molecule has 0 bridgehead atoms. The molecule has 2 heterocycles. The van der Waals surface area contributed by atoms with Gasteiger partial charge in [0.05, 0.1) is 6.04 Å². The molecule has 0 aliphatic heterocycles. The minimum absolute atomic E-state index is 0.118. The molecule has 0 aliphatic rings. The van der Waals surface area contributed by atoms with Gasteiger partial charge < -0.3 is 5.73 Å². The molecule has 0 fully saturated rings. The summed E-state index contributed by atoms with van der Waals surface area (Å²) in [4.78, 5) is 5.25. The van der Waals surface area contributed by atoms with Crippen molar-refractivity contribution in [2.75, 3.05) is 0 Å². The van der Waals surface area contributed by atoms with E-state index in [9.17, 15) is 0 Å². The van der Waals surface area contributed by atoms with E-state index in [1.807, 2.05) is 11.4 Å². The zero-order valence-corrected chi connectivity index (χ0v) is 9.68. The number of nitrogens with one attached hydrogen (secondary N) is 1. The summed E-state index contributed by atoms with van der Waals surface area (Å²) in [5, 5.41) is 8.58. The minimum Gasteiger partial charge on any atom is -0.321 e. The highest BCUT2D eigenvalue weighted by atomic mass is 79.9. The average Bonchev–Trinajstić information content (AvgIpc) is 2.77. The maximum absolute atomic E-state index is 5.95. The van der Waals surface area contributed by atoms with Crippen LogP contribution in [-0.2, 0) is 6.42 Å². The summed E-state index contributed by atoms with van der Waals surface area (Å²) < 4.78 is 1.11. The molecular weight excluding hydrogens is 264 g/mol. The van der Waals surface area contributed by atoms with E-state index in [0.29, 0.717) is 0 Å². The van der Waals surface area contributed by atoms with Crippen LogP contribution < -0.4 is 5.73 Å². The van der Waals surface area contributed by atoms with Gasteiger partial charge in [0, 0.05) is 15.8 Å². The van der Waals surface area contributed by atoms with E-state index in [4.69, 9.17) is 5.73 Å². The molecule has 0 radical (unpaired) electrons. The van der Waals surface area contributed by atoms with E-state index in [0.717, 1.165) is 16.7 Å². The number of hydrogen-bond acceptors (Lipinski definition) is 4. The van der Waals surface area contributed by atoms with Crippen LogP contribution in [0.4, 0.5) is 0 Å². The summed E-state index contributed by atoms with van der Waals surface area (Å²) in [6.07, 6.45) is 2.24. The molecule has 1 atom stereocenters. The van der Waals surface area contributed by atoms with Crippen molar-refractivity contribution in [3.63, 3.8) is 0 Å². The molecule has 0 aliphatic carbocycles. The Balaban J connectivity index is 2.09. The van der Waals surface area contributed by atoms with Crippen LogP contribution in [0.15, 0.2) is 22.2 Å². The summed E-state index contributed by atoms with van der Waals surface area (Å²) in [5.74, 6) is 0.727. The number of hydrogen-bond donors (Lipinski definition) is 2. The number of halogens is 1. The van der Waals surface area contributed by atoms with Crippen molar-refractivity contribution in [2.24, 2.45) is 5.73 Å². The van der Waals surface area contributed by atoms with Crippen LogP contribution in [0.3, 0.4) is 0 Å².